The largest absolute Gasteiger partial charge is 0.378 e. The van der Waals surface area contributed by atoms with E-state index in [1.807, 2.05) is 18.2 Å². The predicted molar refractivity (Wildman–Crippen MR) is 86.3 cm³/mol. The normalized spacial score (nSPS) is 24.5. The average molecular weight is 302 g/mol. The third-order valence-electron chi connectivity index (χ3n) is 4.97. The quantitative estimate of drug-likeness (QED) is 0.876. The molecule has 1 saturated heterocycles. The topological polar surface area (TPSA) is 52.6 Å². The maximum Gasteiger partial charge on any atom is 0.253 e. The molecule has 2 aliphatic rings. The summed E-state index contributed by atoms with van der Waals surface area (Å²) in [7, 11) is 0. The van der Waals surface area contributed by atoms with Gasteiger partial charge in [0.2, 0.25) is 0 Å². The Bertz CT molecular complexity index is 485. The van der Waals surface area contributed by atoms with Gasteiger partial charge in [0.25, 0.3) is 5.91 Å². The van der Waals surface area contributed by atoms with E-state index in [1.165, 1.54) is 32.2 Å². The predicted octanol–water partition coefficient (Wildman–Crippen LogP) is 2.10. The molecule has 120 valence electrons. The minimum Gasteiger partial charge on any atom is -0.378 e. The molecule has 4 heteroatoms. The van der Waals surface area contributed by atoms with E-state index < -0.39 is 6.10 Å². The van der Waals surface area contributed by atoms with E-state index in [4.69, 9.17) is 0 Å². The number of hydrogen-bond donors (Lipinski definition) is 2. The van der Waals surface area contributed by atoms with Crippen LogP contribution in [-0.2, 0) is 4.79 Å². The molecule has 22 heavy (non-hydrogen) atoms. The summed E-state index contributed by atoms with van der Waals surface area (Å²) in [6, 6.07) is 9.30. The highest BCUT2D eigenvalue weighted by Crippen LogP contribution is 2.26. The first kappa shape index (κ1) is 15.5. The van der Waals surface area contributed by atoms with E-state index in [2.05, 4.69) is 10.2 Å². The molecule has 1 aliphatic heterocycles. The number of hydrogen-bond acceptors (Lipinski definition) is 3. The molecule has 2 unspecified atom stereocenters. The van der Waals surface area contributed by atoms with Crippen LogP contribution in [0.4, 0.5) is 0 Å². The van der Waals surface area contributed by atoms with Crippen LogP contribution in [0.15, 0.2) is 30.3 Å². The molecule has 2 atom stereocenters. The van der Waals surface area contributed by atoms with Gasteiger partial charge in [-0.3, -0.25) is 4.79 Å². The van der Waals surface area contributed by atoms with Crippen molar-refractivity contribution in [2.75, 3.05) is 19.6 Å². The Labute approximate surface area is 132 Å². The van der Waals surface area contributed by atoms with E-state index in [9.17, 15) is 9.90 Å². The number of amides is 1. The number of carbonyl (C=O) groups excluding carboxylic acids is 1. The Morgan fingerprint density at radius 3 is 2.68 bits per heavy atom. The Hall–Kier alpha value is -1.39. The molecule has 2 N–H and O–H groups in total. The van der Waals surface area contributed by atoms with Crippen LogP contribution in [0.2, 0.25) is 0 Å². The van der Waals surface area contributed by atoms with Crippen molar-refractivity contribution in [1.29, 1.82) is 0 Å². The molecule has 1 amide bonds. The standard InChI is InChI=1S/C18H26N2O2/c21-17(15-8-2-1-3-9-15)18(22)19-16-10-11-20(13-16)12-14-6-4-5-7-14/h1-3,8-9,14,16-17,21H,4-7,10-13H2,(H,19,22). The molecule has 1 aliphatic carbocycles. The molecule has 4 nitrogen and oxygen atoms in total. The van der Waals surface area contributed by atoms with Gasteiger partial charge in [0, 0.05) is 25.7 Å². The van der Waals surface area contributed by atoms with Gasteiger partial charge >= 0.3 is 0 Å². The average Bonchev–Trinajstić information content (AvgIpc) is 3.20. The first-order valence-corrected chi connectivity index (χ1v) is 8.48. The van der Waals surface area contributed by atoms with Crippen molar-refractivity contribution in [3.63, 3.8) is 0 Å². The number of aliphatic hydroxyl groups excluding tert-OH is 1. The fourth-order valence-corrected chi connectivity index (χ4v) is 3.74. The smallest absolute Gasteiger partial charge is 0.253 e. The zero-order valence-corrected chi connectivity index (χ0v) is 13.1. The van der Waals surface area contributed by atoms with Gasteiger partial charge in [0.15, 0.2) is 6.10 Å². The van der Waals surface area contributed by atoms with Crippen LogP contribution >= 0.6 is 0 Å². The number of likely N-dealkylation sites (tertiary alicyclic amines) is 1. The molecule has 0 bridgehead atoms. The zero-order chi connectivity index (χ0) is 15.4. The van der Waals surface area contributed by atoms with Crippen molar-refractivity contribution in [2.24, 2.45) is 5.92 Å². The van der Waals surface area contributed by atoms with Gasteiger partial charge in [-0.2, -0.15) is 0 Å². The zero-order valence-electron chi connectivity index (χ0n) is 13.1. The molecule has 0 spiro atoms. The Kier molecular flexibility index (Phi) is 5.11. The van der Waals surface area contributed by atoms with Crippen LogP contribution in [0.3, 0.4) is 0 Å². The van der Waals surface area contributed by atoms with Crippen molar-refractivity contribution in [3.8, 4) is 0 Å². The van der Waals surface area contributed by atoms with E-state index >= 15 is 0 Å². The number of nitrogens with zero attached hydrogens (tertiary/aromatic N) is 1. The molecule has 1 aromatic carbocycles. The van der Waals surface area contributed by atoms with Crippen LogP contribution in [0, 0.1) is 5.92 Å². The number of carbonyl (C=O) groups is 1. The van der Waals surface area contributed by atoms with Crippen LogP contribution < -0.4 is 5.32 Å². The molecular weight excluding hydrogens is 276 g/mol. The van der Waals surface area contributed by atoms with Crippen molar-refractivity contribution in [3.05, 3.63) is 35.9 Å². The monoisotopic (exact) mass is 302 g/mol. The summed E-state index contributed by atoms with van der Waals surface area (Å²) in [5, 5.41) is 13.1. The molecule has 1 saturated carbocycles. The first-order valence-electron chi connectivity index (χ1n) is 8.48. The lowest BCUT2D eigenvalue weighted by atomic mass is 10.1. The Balaban J connectivity index is 1.46. The third kappa shape index (κ3) is 3.87. The van der Waals surface area contributed by atoms with Crippen LogP contribution in [0.25, 0.3) is 0 Å². The van der Waals surface area contributed by atoms with Crippen molar-refractivity contribution in [1.82, 2.24) is 10.2 Å². The van der Waals surface area contributed by atoms with Crippen LogP contribution in [0.5, 0.6) is 0 Å². The van der Waals surface area contributed by atoms with Gasteiger partial charge in [-0.25, -0.2) is 0 Å². The van der Waals surface area contributed by atoms with Crippen molar-refractivity contribution in [2.45, 2.75) is 44.2 Å². The summed E-state index contributed by atoms with van der Waals surface area (Å²) < 4.78 is 0. The molecular formula is C18H26N2O2. The van der Waals surface area contributed by atoms with Gasteiger partial charge in [-0.1, -0.05) is 43.2 Å². The molecule has 2 fully saturated rings. The van der Waals surface area contributed by atoms with Crippen LogP contribution in [-0.4, -0.2) is 41.6 Å². The lowest BCUT2D eigenvalue weighted by molar-refractivity contribution is -0.130. The lowest BCUT2D eigenvalue weighted by Gasteiger charge is -2.21. The van der Waals surface area contributed by atoms with E-state index in [-0.39, 0.29) is 11.9 Å². The SMILES string of the molecule is O=C(NC1CCN(CC2CCCC2)C1)C(O)c1ccccc1. The second-order valence-electron chi connectivity index (χ2n) is 6.72. The third-order valence-corrected chi connectivity index (χ3v) is 4.97. The fraction of sp³-hybridized carbons (Fsp3) is 0.611. The van der Waals surface area contributed by atoms with Gasteiger partial charge < -0.3 is 15.3 Å². The highest BCUT2D eigenvalue weighted by molar-refractivity contribution is 5.82. The minimum atomic E-state index is -1.06. The summed E-state index contributed by atoms with van der Waals surface area (Å²) in [4.78, 5) is 14.6. The molecule has 0 radical (unpaired) electrons. The molecule has 1 aromatic rings. The molecule has 0 aromatic heterocycles. The number of nitrogens with one attached hydrogen (secondary N) is 1. The lowest BCUT2D eigenvalue weighted by Crippen LogP contribution is -2.40. The number of benzene rings is 1. The van der Waals surface area contributed by atoms with E-state index in [1.54, 1.807) is 12.1 Å². The van der Waals surface area contributed by atoms with Crippen LogP contribution in [0.1, 0.15) is 43.8 Å². The van der Waals surface area contributed by atoms with E-state index in [0.717, 1.165) is 25.4 Å². The summed E-state index contributed by atoms with van der Waals surface area (Å²) in [5.74, 6) is 0.572. The Morgan fingerprint density at radius 2 is 1.95 bits per heavy atom. The van der Waals surface area contributed by atoms with Gasteiger partial charge in [-0.15, -0.1) is 0 Å². The van der Waals surface area contributed by atoms with Crippen molar-refractivity contribution >= 4 is 5.91 Å². The maximum absolute atomic E-state index is 12.2. The second kappa shape index (κ2) is 7.25. The summed E-state index contributed by atoms with van der Waals surface area (Å²) >= 11 is 0. The maximum atomic E-state index is 12.2. The fourth-order valence-electron chi connectivity index (χ4n) is 3.74. The number of rotatable bonds is 5. The summed E-state index contributed by atoms with van der Waals surface area (Å²) in [5.41, 5.74) is 0.654. The van der Waals surface area contributed by atoms with E-state index in [0.29, 0.717) is 5.56 Å². The second-order valence-corrected chi connectivity index (χ2v) is 6.72. The van der Waals surface area contributed by atoms with Crippen molar-refractivity contribution < 1.29 is 9.90 Å². The first-order chi connectivity index (χ1) is 10.7. The number of aliphatic hydroxyl groups is 1. The molecule has 1 heterocycles. The minimum absolute atomic E-state index is 0.173. The Morgan fingerprint density at radius 1 is 1.23 bits per heavy atom. The highest BCUT2D eigenvalue weighted by atomic mass is 16.3. The summed E-state index contributed by atoms with van der Waals surface area (Å²) in [6.45, 7) is 3.15. The van der Waals surface area contributed by atoms with Gasteiger partial charge in [0.1, 0.15) is 0 Å². The molecule has 3 rings (SSSR count). The highest BCUT2D eigenvalue weighted by Gasteiger charge is 2.28. The summed E-state index contributed by atoms with van der Waals surface area (Å²) in [6.07, 6.45) is 5.40. The van der Waals surface area contributed by atoms with Gasteiger partial charge in [0.05, 0.1) is 0 Å². The van der Waals surface area contributed by atoms with Gasteiger partial charge in [-0.05, 0) is 30.7 Å².